The number of guanidine groups is 1. The minimum Gasteiger partial charge on any atom is -0.274 e. The Labute approximate surface area is 101 Å². The average molecular weight is 235 g/mol. The van der Waals surface area contributed by atoms with Crippen LogP contribution in [0.5, 0.6) is 0 Å². The van der Waals surface area contributed by atoms with Crippen molar-refractivity contribution in [1.82, 2.24) is 15.9 Å². The molecule has 1 aromatic rings. The minimum atomic E-state index is 0.00130. The van der Waals surface area contributed by atoms with E-state index >= 15 is 0 Å². The number of nitrogens with zero attached hydrogens (tertiary/aromatic N) is 2. The Morgan fingerprint density at radius 2 is 2.47 bits per heavy atom. The standard InChI is InChI=1S/C11H17N5O/c1-3-6-17-16-11(12)15-14-8-10-4-5-13-7-9(10)2/h4-5,7-8H,3,6H2,1-2H3,(H3,12,15,16)/b14-8+. The van der Waals surface area contributed by atoms with Crippen LogP contribution < -0.4 is 10.9 Å². The lowest BCUT2D eigenvalue weighted by Crippen LogP contribution is -2.33. The van der Waals surface area contributed by atoms with Crippen LogP contribution in [0.3, 0.4) is 0 Å². The summed E-state index contributed by atoms with van der Waals surface area (Å²) in [6.07, 6.45) is 5.98. The third kappa shape index (κ3) is 5.07. The van der Waals surface area contributed by atoms with E-state index in [0.29, 0.717) is 6.61 Å². The molecule has 0 aliphatic rings. The molecule has 1 heterocycles. The molecule has 92 valence electrons. The maximum absolute atomic E-state index is 7.41. The molecule has 1 rings (SSSR count). The molecule has 0 aromatic carbocycles. The third-order valence-electron chi connectivity index (χ3n) is 1.92. The van der Waals surface area contributed by atoms with Crippen LogP contribution in [0.25, 0.3) is 0 Å². The Bertz CT molecular complexity index is 391. The van der Waals surface area contributed by atoms with Crippen LogP contribution in [0.4, 0.5) is 0 Å². The van der Waals surface area contributed by atoms with Crippen LogP contribution in [0.15, 0.2) is 23.6 Å². The van der Waals surface area contributed by atoms with Crippen LogP contribution in [0.1, 0.15) is 24.5 Å². The predicted molar refractivity (Wildman–Crippen MR) is 66.8 cm³/mol. The highest BCUT2D eigenvalue weighted by Gasteiger charge is 1.94. The molecule has 0 spiro atoms. The van der Waals surface area contributed by atoms with Gasteiger partial charge in [0, 0.05) is 18.0 Å². The first-order chi connectivity index (χ1) is 8.24. The molecule has 0 fully saturated rings. The fourth-order valence-electron chi connectivity index (χ4n) is 1.04. The maximum atomic E-state index is 7.41. The molecule has 0 atom stereocenters. The van der Waals surface area contributed by atoms with Crippen molar-refractivity contribution in [2.24, 2.45) is 5.10 Å². The second-order valence-electron chi connectivity index (χ2n) is 3.43. The lowest BCUT2D eigenvalue weighted by Gasteiger charge is -2.05. The van der Waals surface area contributed by atoms with E-state index in [1.54, 1.807) is 18.6 Å². The summed E-state index contributed by atoms with van der Waals surface area (Å²) < 4.78 is 0. The van der Waals surface area contributed by atoms with E-state index < -0.39 is 0 Å². The van der Waals surface area contributed by atoms with E-state index in [4.69, 9.17) is 10.2 Å². The van der Waals surface area contributed by atoms with Gasteiger partial charge in [0.05, 0.1) is 12.8 Å². The molecule has 17 heavy (non-hydrogen) atoms. The molecule has 0 aliphatic heterocycles. The number of rotatable bonds is 5. The molecule has 0 unspecified atom stereocenters. The van der Waals surface area contributed by atoms with E-state index in [1.807, 2.05) is 19.9 Å². The Hall–Kier alpha value is -1.95. The molecule has 0 radical (unpaired) electrons. The first kappa shape index (κ1) is 13.1. The summed E-state index contributed by atoms with van der Waals surface area (Å²) in [6.45, 7) is 4.49. The van der Waals surface area contributed by atoms with Crippen LogP contribution in [0.2, 0.25) is 0 Å². The summed E-state index contributed by atoms with van der Waals surface area (Å²) in [5.41, 5.74) is 6.93. The summed E-state index contributed by atoms with van der Waals surface area (Å²) in [4.78, 5) is 8.93. The number of hydrogen-bond acceptors (Lipinski definition) is 4. The van der Waals surface area contributed by atoms with Gasteiger partial charge in [0.2, 0.25) is 5.96 Å². The molecule has 6 nitrogen and oxygen atoms in total. The summed E-state index contributed by atoms with van der Waals surface area (Å²) in [7, 11) is 0. The summed E-state index contributed by atoms with van der Waals surface area (Å²) in [5, 5.41) is 11.3. The normalized spacial score (nSPS) is 10.5. The largest absolute Gasteiger partial charge is 0.274 e. The topological polar surface area (TPSA) is 82.4 Å². The van der Waals surface area contributed by atoms with Gasteiger partial charge in [-0.25, -0.2) is 10.9 Å². The van der Waals surface area contributed by atoms with Crippen molar-refractivity contribution in [3.05, 3.63) is 29.6 Å². The van der Waals surface area contributed by atoms with Gasteiger partial charge >= 0.3 is 0 Å². The van der Waals surface area contributed by atoms with Crippen LogP contribution >= 0.6 is 0 Å². The fourth-order valence-corrected chi connectivity index (χ4v) is 1.04. The number of hydroxylamine groups is 1. The van der Waals surface area contributed by atoms with Crippen molar-refractivity contribution in [2.75, 3.05) is 6.61 Å². The van der Waals surface area contributed by atoms with Gasteiger partial charge in [0.1, 0.15) is 0 Å². The lowest BCUT2D eigenvalue weighted by molar-refractivity contribution is 0.0825. The Balaban J connectivity index is 2.35. The first-order valence-corrected chi connectivity index (χ1v) is 5.40. The molecule has 0 aliphatic carbocycles. The van der Waals surface area contributed by atoms with Gasteiger partial charge in [0.15, 0.2) is 0 Å². The molecular weight excluding hydrogens is 218 g/mol. The Morgan fingerprint density at radius 1 is 1.65 bits per heavy atom. The van der Waals surface area contributed by atoms with Crippen molar-refractivity contribution in [3.8, 4) is 0 Å². The van der Waals surface area contributed by atoms with Gasteiger partial charge < -0.3 is 0 Å². The van der Waals surface area contributed by atoms with E-state index in [0.717, 1.165) is 17.5 Å². The van der Waals surface area contributed by atoms with E-state index in [2.05, 4.69) is 21.0 Å². The number of hydrogen-bond donors (Lipinski definition) is 3. The number of nitrogens with one attached hydrogen (secondary N) is 3. The average Bonchev–Trinajstić information content (AvgIpc) is 2.32. The monoisotopic (exact) mass is 235 g/mol. The smallest absolute Gasteiger partial charge is 0.233 e. The van der Waals surface area contributed by atoms with E-state index in [1.165, 1.54) is 0 Å². The highest BCUT2D eigenvalue weighted by atomic mass is 16.6. The maximum Gasteiger partial charge on any atom is 0.233 e. The van der Waals surface area contributed by atoms with Gasteiger partial charge in [-0.2, -0.15) is 5.10 Å². The zero-order valence-electron chi connectivity index (χ0n) is 10.0. The molecular formula is C11H17N5O. The molecule has 1 aromatic heterocycles. The second-order valence-corrected chi connectivity index (χ2v) is 3.43. The van der Waals surface area contributed by atoms with Crippen LogP contribution in [0, 0.1) is 12.3 Å². The number of pyridine rings is 1. The van der Waals surface area contributed by atoms with Gasteiger partial charge in [0.25, 0.3) is 0 Å². The highest BCUT2D eigenvalue weighted by molar-refractivity contribution is 5.83. The van der Waals surface area contributed by atoms with Gasteiger partial charge in [-0.1, -0.05) is 6.92 Å². The minimum absolute atomic E-state index is 0.00130. The number of aryl methyl sites for hydroxylation is 1. The predicted octanol–water partition coefficient (Wildman–Crippen LogP) is 1.18. The molecule has 3 N–H and O–H groups in total. The quantitative estimate of drug-likeness (QED) is 0.310. The van der Waals surface area contributed by atoms with Crippen LogP contribution in [-0.4, -0.2) is 23.8 Å². The molecule has 0 amide bonds. The van der Waals surface area contributed by atoms with Gasteiger partial charge in [-0.15, -0.1) is 0 Å². The van der Waals surface area contributed by atoms with Crippen molar-refractivity contribution in [2.45, 2.75) is 20.3 Å². The second kappa shape index (κ2) is 7.34. The molecule has 0 bridgehead atoms. The lowest BCUT2D eigenvalue weighted by atomic mass is 10.2. The van der Waals surface area contributed by atoms with Crippen molar-refractivity contribution in [3.63, 3.8) is 0 Å². The summed E-state index contributed by atoms with van der Waals surface area (Å²) in [5.74, 6) is 0.00130. The van der Waals surface area contributed by atoms with Crippen molar-refractivity contribution in [1.29, 1.82) is 5.41 Å². The Morgan fingerprint density at radius 3 is 3.18 bits per heavy atom. The molecule has 0 saturated carbocycles. The Kier molecular flexibility index (Phi) is 5.67. The van der Waals surface area contributed by atoms with Gasteiger partial charge in [-0.3, -0.25) is 15.2 Å². The summed E-state index contributed by atoms with van der Waals surface area (Å²) >= 11 is 0. The van der Waals surface area contributed by atoms with Crippen molar-refractivity contribution >= 4 is 12.2 Å². The number of hydrazone groups is 1. The SMILES string of the molecule is CCCONC(=N)N/N=C/c1ccncc1C. The molecule has 0 saturated heterocycles. The first-order valence-electron chi connectivity index (χ1n) is 5.40. The zero-order chi connectivity index (χ0) is 12.5. The fraction of sp³-hybridized carbons (Fsp3) is 0.364. The van der Waals surface area contributed by atoms with E-state index in [9.17, 15) is 0 Å². The highest BCUT2D eigenvalue weighted by Crippen LogP contribution is 2.00. The van der Waals surface area contributed by atoms with Gasteiger partial charge in [-0.05, 0) is 25.0 Å². The third-order valence-corrected chi connectivity index (χ3v) is 1.92. The van der Waals surface area contributed by atoms with E-state index in [-0.39, 0.29) is 5.96 Å². The summed E-state index contributed by atoms with van der Waals surface area (Å²) in [6, 6.07) is 1.85. The number of aromatic nitrogens is 1. The van der Waals surface area contributed by atoms with Crippen LogP contribution in [-0.2, 0) is 4.84 Å². The molecule has 6 heteroatoms. The zero-order valence-corrected chi connectivity index (χ0v) is 10.0. The van der Waals surface area contributed by atoms with Crippen molar-refractivity contribution < 1.29 is 4.84 Å².